The molecule has 0 atom stereocenters. The Labute approximate surface area is 118 Å². The minimum absolute atomic E-state index is 0.241. The van der Waals surface area contributed by atoms with Gasteiger partial charge in [-0.1, -0.05) is 60.8 Å². The summed E-state index contributed by atoms with van der Waals surface area (Å²) in [4.78, 5) is 11.9. The van der Waals surface area contributed by atoms with Crippen molar-refractivity contribution in [2.24, 2.45) is 0 Å². The summed E-state index contributed by atoms with van der Waals surface area (Å²) in [6, 6.07) is 17.1. The number of hydrogen-bond donors (Lipinski definition) is 2. The van der Waals surface area contributed by atoms with Gasteiger partial charge >= 0.3 is 6.03 Å². The van der Waals surface area contributed by atoms with E-state index < -0.39 is 0 Å². The number of nitrogens with zero attached hydrogens (tertiary/aromatic N) is 1. The Morgan fingerprint density at radius 3 is 2.37 bits per heavy atom. The van der Waals surface area contributed by atoms with Crippen molar-refractivity contribution in [1.82, 2.24) is 4.31 Å². The van der Waals surface area contributed by atoms with Crippen LogP contribution < -0.4 is 5.32 Å². The van der Waals surface area contributed by atoms with Gasteiger partial charge in [0.15, 0.2) is 0 Å². The number of benzene rings is 2. The molecule has 0 bridgehead atoms. The van der Waals surface area contributed by atoms with Crippen molar-refractivity contribution < 1.29 is 4.79 Å². The number of anilines is 1. The first-order valence-corrected chi connectivity index (χ1v) is 6.43. The standard InChI is InChI=1S/C15H16N2OS/c1-12-7-9-13(10-8-12)11-17(19)15(18)16-14-5-3-2-4-6-14/h2-10,19H,11H2,1H3,(H,16,18). The lowest BCUT2D eigenvalue weighted by Gasteiger charge is -2.16. The Bertz CT molecular complexity index is 540. The van der Waals surface area contributed by atoms with Crippen LogP contribution in [-0.2, 0) is 6.54 Å². The number of nitrogens with one attached hydrogen (secondary N) is 1. The van der Waals surface area contributed by atoms with Gasteiger partial charge in [0.25, 0.3) is 0 Å². The van der Waals surface area contributed by atoms with Crippen LogP contribution >= 0.6 is 12.8 Å². The Balaban J connectivity index is 1.94. The Hall–Kier alpha value is -1.94. The number of thiol groups is 1. The lowest BCUT2D eigenvalue weighted by atomic mass is 10.1. The van der Waals surface area contributed by atoms with Gasteiger partial charge < -0.3 is 5.32 Å². The van der Waals surface area contributed by atoms with E-state index in [1.807, 2.05) is 61.5 Å². The van der Waals surface area contributed by atoms with Crippen LogP contribution in [0.3, 0.4) is 0 Å². The number of aryl methyl sites for hydroxylation is 1. The van der Waals surface area contributed by atoms with Crippen LogP contribution in [0.25, 0.3) is 0 Å². The number of amides is 2. The van der Waals surface area contributed by atoms with Gasteiger partial charge in [-0.15, -0.1) is 0 Å². The van der Waals surface area contributed by atoms with E-state index in [4.69, 9.17) is 0 Å². The van der Waals surface area contributed by atoms with Gasteiger partial charge in [0.05, 0.1) is 6.54 Å². The highest BCUT2D eigenvalue weighted by atomic mass is 32.1. The summed E-state index contributed by atoms with van der Waals surface area (Å²) in [6.45, 7) is 2.49. The van der Waals surface area contributed by atoms with E-state index in [2.05, 4.69) is 18.1 Å². The van der Waals surface area contributed by atoms with Gasteiger partial charge in [-0.25, -0.2) is 4.79 Å². The number of hydrogen-bond acceptors (Lipinski definition) is 2. The number of para-hydroxylation sites is 1. The molecule has 0 aliphatic rings. The molecular formula is C15H16N2OS. The van der Waals surface area contributed by atoms with Crippen molar-refractivity contribution in [3.63, 3.8) is 0 Å². The molecule has 2 rings (SSSR count). The van der Waals surface area contributed by atoms with Crippen LogP contribution in [0.4, 0.5) is 10.5 Å². The molecule has 0 aliphatic heterocycles. The molecule has 2 aromatic rings. The van der Waals surface area contributed by atoms with Gasteiger partial charge in [0, 0.05) is 5.69 Å². The fourth-order valence-electron chi connectivity index (χ4n) is 1.65. The third-order valence-corrected chi connectivity index (χ3v) is 3.04. The lowest BCUT2D eigenvalue weighted by molar-refractivity contribution is 0.238. The van der Waals surface area contributed by atoms with E-state index >= 15 is 0 Å². The first kappa shape index (κ1) is 13.5. The molecule has 2 aromatic carbocycles. The average Bonchev–Trinajstić information content (AvgIpc) is 2.42. The molecule has 4 heteroatoms. The van der Waals surface area contributed by atoms with E-state index in [9.17, 15) is 4.79 Å². The monoisotopic (exact) mass is 272 g/mol. The number of carbonyl (C=O) groups excluding carboxylic acids is 1. The van der Waals surface area contributed by atoms with Crippen LogP contribution in [0.1, 0.15) is 11.1 Å². The van der Waals surface area contributed by atoms with Crippen molar-refractivity contribution >= 4 is 24.5 Å². The first-order valence-electron chi connectivity index (χ1n) is 6.03. The SMILES string of the molecule is Cc1ccc(CN(S)C(=O)Nc2ccccc2)cc1. The fraction of sp³-hybridized carbons (Fsp3) is 0.133. The predicted octanol–water partition coefficient (Wildman–Crippen LogP) is 3.87. The molecule has 1 N–H and O–H groups in total. The van der Waals surface area contributed by atoms with E-state index in [0.29, 0.717) is 6.54 Å². The summed E-state index contributed by atoms with van der Waals surface area (Å²) in [5.74, 6) is 0. The van der Waals surface area contributed by atoms with Crippen molar-refractivity contribution in [3.05, 3.63) is 65.7 Å². The molecule has 0 unspecified atom stereocenters. The van der Waals surface area contributed by atoms with Crippen LogP contribution in [0.15, 0.2) is 54.6 Å². The molecule has 98 valence electrons. The van der Waals surface area contributed by atoms with Crippen LogP contribution in [0.2, 0.25) is 0 Å². The number of urea groups is 1. The fourth-order valence-corrected chi connectivity index (χ4v) is 1.86. The lowest BCUT2D eigenvalue weighted by Crippen LogP contribution is -2.26. The summed E-state index contributed by atoms with van der Waals surface area (Å²) in [5, 5.41) is 2.78. The second-order valence-corrected chi connectivity index (χ2v) is 4.82. The molecule has 2 amide bonds. The highest BCUT2D eigenvalue weighted by Crippen LogP contribution is 2.12. The smallest absolute Gasteiger partial charge is 0.307 e. The maximum absolute atomic E-state index is 11.9. The third kappa shape index (κ3) is 4.03. The molecule has 0 fully saturated rings. The predicted molar refractivity (Wildman–Crippen MR) is 81.2 cm³/mol. The molecule has 0 spiro atoms. The van der Waals surface area contributed by atoms with Crippen LogP contribution in [0.5, 0.6) is 0 Å². The second kappa shape index (κ2) is 6.29. The minimum atomic E-state index is -0.241. The summed E-state index contributed by atoms with van der Waals surface area (Å²) >= 11 is 4.21. The van der Waals surface area contributed by atoms with Crippen LogP contribution in [-0.4, -0.2) is 10.3 Å². The molecule has 0 aliphatic carbocycles. The number of carbonyl (C=O) groups is 1. The third-order valence-electron chi connectivity index (χ3n) is 2.71. The van der Waals surface area contributed by atoms with Crippen molar-refractivity contribution in [1.29, 1.82) is 0 Å². The molecule has 3 nitrogen and oxygen atoms in total. The first-order chi connectivity index (χ1) is 9.15. The summed E-state index contributed by atoms with van der Waals surface area (Å²) in [7, 11) is 0. The number of rotatable bonds is 3. The quantitative estimate of drug-likeness (QED) is 0.817. The normalized spacial score (nSPS) is 10.0. The molecule has 0 radical (unpaired) electrons. The average molecular weight is 272 g/mol. The topological polar surface area (TPSA) is 32.3 Å². The summed E-state index contributed by atoms with van der Waals surface area (Å²) in [6.07, 6.45) is 0. The Kier molecular flexibility index (Phi) is 4.47. The molecule has 0 saturated heterocycles. The minimum Gasteiger partial charge on any atom is -0.307 e. The molecule has 0 aromatic heterocycles. The van der Waals surface area contributed by atoms with Gasteiger partial charge in [-0.3, -0.25) is 4.31 Å². The van der Waals surface area contributed by atoms with E-state index in [0.717, 1.165) is 11.3 Å². The van der Waals surface area contributed by atoms with Gasteiger partial charge in [-0.05, 0) is 24.6 Å². The Morgan fingerprint density at radius 1 is 1.11 bits per heavy atom. The molecule has 0 saturated carbocycles. The summed E-state index contributed by atoms with van der Waals surface area (Å²) < 4.78 is 1.36. The zero-order chi connectivity index (χ0) is 13.7. The van der Waals surface area contributed by atoms with Crippen LogP contribution in [0, 0.1) is 6.92 Å². The van der Waals surface area contributed by atoms with Gasteiger partial charge in [0.2, 0.25) is 0 Å². The van der Waals surface area contributed by atoms with E-state index in [1.165, 1.54) is 9.87 Å². The highest BCUT2D eigenvalue weighted by molar-refractivity contribution is 7.78. The largest absolute Gasteiger partial charge is 0.331 e. The zero-order valence-electron chi connectivity index (χ0n) is 10.7. The van der Waals surface area contributed by atoms with Gasteiger partial charge in [-0.2, -0.15) is 0 Å². The highest BCUT2D eigenvalue weighted by Gasteiger charge is 2.10. The maximum Gasteiger partial charge on any atom is 0.331 e. The van der Waals surface area contributed by atoms with Gasteiger partial charge in [0.1, 0.15) is 0 Å². The van der Waals surface area contributed by atoms with E-state index in [-0.39, 0.29) is 6.03 Å². The molecule has 0 heterocycles. The van der Waals surface area contributed by atoms with Crippen molar-refractivity contribution in [2.75, 3.05) is 5.32 Å². The van der Waals surface area contributed by atoms with E-state index in [1.54, 1.807) is 0 Å². The molecular weight excluding hydrogens is 256 g/mol. The molecule has 19 heavy (non-hydrogen) atoms. The van der Waals surface area contributed by atoms with Crippen molar-refractivity contribution in [2.45, 2.75) is 13.5 Å². The second-order valence-electron chi connectivity index (χ2n) is 4.34. The summed E-state index contributed by atoms with van der Waals surface area (Å²) in [5.41, 5.74) is 3.00. The Morgan fingerprint density at radius 2 is 1.74 bits per heavy atom. The van der Waals surface area contributed by atoms with Crippen molar-refractivity contribution in [3.8, 4) is 0 Å². The maximum atomic E-state index is 11.9. The zero-order valence-corrected chi connectivity index (χ0v) is 11.6.